The highest BCUT2D eigenvalue weighted by Crippen LogP contribution is 2.26. The van der Waals surface area contributed by atoms with E-state index in [1.807, 2.05) is 35.7 Å². The molecular formula is C17H14N2O3S2. The van der Waals surface area contributed by atoms with Crippen molar-refractivity contribution in [1.82, 2.24) is 5.32 Å². The van der Waals surface area contributed by atoms with Crippen molar-refractivity contribution in [3.8, 4) is 11.3 Å². The van der Waals surface area contributed by atoms with E-state index in [1.165, 1.54) is 11.3 Å². The number of benzene rings is 1. The van der Waals surface area contributed by atoms with Crippen LogP contribution in [0.2, 0.25) is 0 Å². The van der Waals surface area contributed by atoms with E-state index in [2.05, 4.69) is 10.6 Å². The molecule has 5 nitrogen and oxygen atoms in total. The summed E-state index contributed by atoms with van der Waals surface area (Å²) in [7, 11) is 0. The van der Waals surface area contributed by atoms with Gasteiger partial charge in [-0.05, 0) is 54.0 Å². The second-order valence-corrected chi connectivity index (χ2v) is 6.25. The minimum absolute atomic E-state index is 0.0787. The Labute approximate surface area is 147 Å². The third-order valence-electron chi connectivity index (χ3n) is 3.29. The van der Waals surface area contributed by atoms with E-state index in [9.17, 15) is 9.90 Å². The van der Waals surface area contributed by atoms with E-state index in [4.69, 9.17) is 16.6 Å². The van der Waals surface area contributed by atoms with Crippen LogP contribution in [0.1, 0.15) is 15.2 Å². The molecule has 24 heavy (non-hydrogen) atoms. The van der Waals surface area contributed by atoms with E-state index in [0.29, 0.717) is 10.6 Å². The zero-order valence-electron chi connectivity index (χ0n) is 12.5. The van der Waals surface area contributed by atoms with Crippen LogP contribution in [-0.2, 0) is 6.61 Å². The number of thiocarbonyl (C=S) groups is 1. The normalized spacial score (nSPS) is 10.4. The molecule has 2 aromatic heterocycles. The minimum Gasteiger partial charge on any atom is -0.464 e. The van der Waals surface area contributed by atoms with Crippen LogP contribution in [0.5, 0.6) is 0 Å². The summed E-state index contributed by atoms with van der Waals surface area (Å²) in [5, 5.41) is 16.9. The fourth-order valence-corrected chi connectivity index (χ4v) is 2.98. The molecule has 0 radical (unpaired) electrons. The summed E-state index contributed by atoms with van der Waals surface area (Å²) in [6.07, 6.45) is 1.54. The molecule has 122 valence electrons. The second-order valence-electron chi connectivity index (χ2n) is 4.90. The standard InChI is InChI=1S/C17H14N2O3S2/c20-10-12-7-8-22-15(12)11-3-5-13(6-4-11)18-17(23)19-16(21)14-2-1-9-24-14/h1-9,20H,10H2,(H2,18,19,21,23). The summed E-state index contributed by atoms with van der Waals surface area (Å²) < 4.78 is 5.39. The van der Waals surface area contributed by atoms with Gasteiger partial charge in [-0.2, -0.15) is 0 Å². The molecule has 3 N–H and O–H groups in total. The summed E-state index contributed by atoms with van der Waals surface area (Å²) in [5.41, 5.74) is 2.32. The average molecular weight is 358 g/mol. The van der Waals surface area contributed by atoms with Gasteiger partial charge in [0.05, 0.1) is 17.7 Å². The average Bonchev–Trinajstić information content (AvgIpc) is 3.27. The Balaban J connectivity index is 1.64. The third-order valence-corrected chi connectivity index (χ3v) is 4.37. The number of rotatable bonds is 4. The molecule has 0 unspecified atom stereocenters. The van der Waals surface area contributed by atoms with E-state index in [0.717, 1.165) is 16.8 Å². The lowest BCUT2D eigenvalue weighted by Gasteiger charge is -2.09. The van der Waals surface area contributed by atoms with Gasteiger partial charge in [0, 0.05) is 16.8 Å². The van der Waals surface area contributed by atoms with E-state index >= 15 is 0 Å². The first kappa shape index (κ1) is 16.4. The predicted octanol–water partition coefficient (Wildman–Crippen LogP) is 3.63. The second kappa shape index (κ2) is 7.39. The number of hydrogen-bond acceptors (Lipinski definition) is 5. The lowest BCUT2D eigenvalue weighted by molar-refractivity contribution is 0.0981. The molecule has 0 aliphatic rings. The molecule has 3 aromatic rings. The number of aliphatic hydroxyl groups is 1. The van der Waals surface area contributed by atoms with Gasteiger partial charge in [0.15, 0.2) is 5.11 Å². The third kappa shape index (κ3) is 3.70. The highest BCUT2D eigenvalue weighted by Gasteiger charge is 2.10. The number of hydrogen-bond donors (Lipinski definition) is 3. The number of anilines is 1. The molecule has 1 amide bonds. The largest absolute Gasteiger partial charge is 0.464 e. The van der Waals surface area contributed by atoms with Gasteiger partial charge in [-0.25, -0.2) is 0 Å². The van der Waals surface area contributed by atoms with Crippen molar-refractivity contribution in [2.75, 3.05) is 5.32 Å². The van der Waals surface area contributed by atoms with Crippen LogP contribution >= 0.6 is 23.6 Å². The Morgan fingerprint density at radius 1 is 1.21 bits per heavy atom. The lowest BCUT2D eigenvalue weighted by atomic mass is 10.1. The van der Waals surface area contributed by atoms with E-state index < -0.39 is 0 Å². The smallest absolute Gasteiger partial charge is 0.267 e. The van der Waals surface area contributed by atoms with Crippen molar-refractivity contribution in [3.63, 3.8) is 0 Å². The van der Waals surface area contributed by atoms with Gasteiger partial charge in [0.1, 0.15) is 5.76 Å². The molecule has 0 atom stereocenters. The molecule has 0 saturated carbocycles. The van der Waals surface area contributed by atoms with Crippen molar-refractivity contribution in [1.29, 1.82) is 0 Å². The first-order valence-electron chi connectivity index (χ1n) is 7.11. The predicted molar refractivity (Wildman–Crippen MR) is 98.1 cm³/mol. The Morgan fingerprint density at radius 2 is 2.00 bits per heavy atom. The highest BCUT2D eigenvalue weighted by molar-refractivity contribution is 7.80. The van der Waals surface area contributed by atoms with Gasteiger partial charge in [-0.3, -0.25) is 10.1 Å². The van der Waals surface area contributed by atoms with Gasteiger partial charge >= 0.3 is 0 Å². The fraction of sp³-hybridized carbons (Fsp3) is 0.0588. The molecule has 0 spiro atoms. The monoisotopic (exact) mass is 358 g/mol. The number of carbonyl (C=O) groups excluding carboxylic acids is 1. The molecular weight excluding hydrogens is 344 g/mol. The number of furan rings is 1. The van der Waals surface area contributed by atoms with E-state index in [-0.39, 0.29) is 17.6 Å². The van der Waals surface area contributed by atoms with E-state index in [1.54, 1.807) is 18.4 Å². The highest BCUT2D eigenvalue weighted by atomic mass is 32.1. The Kier molecular flexibility index (Phi) is 5.05. The lowest BCUT2D eigenvalue weighted by Crippen LogP contribution is -2.33. The molecule has 0 aliphatic carbocycles. The van der Waals surface area contributed by atoms with Crippen molar-refractivity contribution < 1.29 is 14.3 Å². The van der Waals surface area contributed by atoms with Crippen LogP contribution in [0.3, 0.4) is 0 Å². The molecule has 0 fully saturated rings. The van der Waals surface area contributed by atoms with Gasteiger partial charge in [-0.1, -0.05) is 6.07 Å². The SMILES string of the molecule is O=C(NC(=S)Nc1ccc(-c2occc2CO)cc1)c1cccs1. The Morgan fingerprint density at radius 3 is 2.67 bits per heavy atom. The Bertz CT molecular complexity index is 839. The first-order valence-corrected chi connectivity index (χ1v) is 8.39. The number of thiophene rings is 1. The Hall–Kier alpha value is -2.48. The summed E-state index contributed by atoms with van der Waals surface area (Å²) in [6, 6.07) is 12.6. The molecule has 7 heteroatoms. The topological polar surface area (TPSA) is 74.5 Å². The summed E-state index contributed by atoms with van der Waals surface area (Å²) in [4.78, 5) is 12.5. The van der Waals surface area contributed by atoms with Crippen molar-refractivity contribution >= 4 is 40.3 Å². The minimum atomic E-state index is -0.234. The van der Waals surface area contributed by atoms with Crippen LogP contribution < -0.4 is 10.6 Å². The molecule has 0 aliphatic heterocycles. The molecule has 0 bridgehead atoms. The maximum absolute atomic E-state index is 11.9. The van der Waals surface area contributed by atoms with Crippen LogP contribution in [0.4, 0.5) is 5.69 Å². The quantitative estimate of drug-likeness (QED) is 0.621. The van der Waals surface area contributed by atoms with Gasteiger partial charge in [-0.15, -0.1) is 11.3 Å². The fourth-order valence-electron chi connectivity index (χ4n) is 2.15. The molecule has 1 aromatic carbocycles. The summed E-state index contributed by atoms with van der Waals surface area (Å²) >= 11 is 6.50. The van der Waals surface area contributed by atoms with Crippen molar-refractivity contribution in [2.24, 2.45) is 0 Å². The molecule has 2 heterocycles. The maximum Gasteiger partial charge on any atom is 0.267 e. The van der Waals surface area contributed by atoms with Crippen LogP contribution in [0.15, 0.2) is 58.5 Å². The van der Waals surface area contributed by atoms with Gasteiger partial charge in [0.2, 0.25) is 0 Å². The summed E-state index contributed by atoms with van der Waals surface area (Å²) in [5.74, 6) is 0.403. The molecule has 0 saturated heterocycles. The number of aliphatic hydroxyl groups excluding tert-OH is 1. The van der Waals surface area contributed by atoms with Crippen LogP contribution in [0, 0.1) is 0 Å². The maximum atomic E-state index is 11.9. The summed E-state index contributed by atoms with van der Waals surface area (Å²) in [6.45, 7) is -0.0787. The number of carbonyl (C=O) groups is 1. The van der Waals surface area contributed by atoms with Crippen LogP contribution in [0.25, 0.3) is 11.3 Å². The number of nitrogens with one attached hydrogen (secondary N) is 2. The van der Waals surface area contributed by atoms with Crippen LogP contribution in [-0.4, -0.2) is 16.1 Å². The van der Waals surface area contributed by atoms with Gasteiger partial charge < -0.3 is 14.8 Å². The van der Waals surface area contributed by atoms with Gasteiger partial charge in [0.25, 0.3) is 5.91 Å². The first-order chi connectivity index (χ1) is 11.7. The number of amides is 1. The zero-order chi connectivity index (χ0) is 16.9. The van der Waals surface area contributed by atoms with Crippen molar-refractivity contribution in [3.05, 3.63) is 64.5 Å². The van der Waals surface area contributed by atoms with Crippen molar-refractivity contribution in [2.45, 2.75) is 6.61 Å². The molecule has 3 rings (SSSR count). The zero-order valence-corrected chi connectivity index (χ0v) is 14.1.